The first-order valence-electron chi connectivity index (χ1n) is 15.6. The fraction of sp³-hybridized carbons (Fsp3) is 0.368. The van der Waals surface area contributed by atoms with Crippen LogP contribution in [0.4, 0.5) is 17.1 Å². The van der Waals surface area contributed by atoms with Gasteiger partial charge < -0.3 is 9.80 Å². The molecule has 216 valence electrons. The van der Waals surface area contributed by atoms with Crippen molar-refractivity contribution >= 4 is 17.1 Å². The van der Waals surface area contributed by atoms with Crippen molar-refractivity contribution in [3.8, 4) is 22.3 Å². The Morgan fingerprint density at radius 3 is 1.55 bits per heavy atom. The molecule has 0 unspecified atom stereocenters. The number of nitrogens with zero attached hydrogens (tertiary/aromatic N) is 2. The first-order valence-corrected chi connectivity index (χ1v) is 15.6. The molecule has 5 rings (SSSR count). The van der Waals surface area contributed by atoms with Crippen LogP contribution in [0.1, 0.15) is 80.4 Å². The molecular weight excluding hydrogens is 484 g/mol. The van der Waals surface area contributed by atoms with Crippen LogP contribution in [0.25, 0.3) is 22.3 Å². The molecule has 0 spiro atoms. The van der Waals surface area contributed by atoms with Crippen molar-refractivity contribution < 1.29 is 0 Å². The average molecular weight is 539 g/mol. The third kappa shape index (κ3) is 8.01. The van der Waals surface area contributed by atoms with Gasteiger partial charge in [0.25, 0.3) is 0 Å². The van der Waals surface area contributed by atoms with Gasteiger partial charge in [-0.25, -0.2) is 0 Å². The molecule has 0 saturated carbocycles. The summed E-state index contributed by atoms with van der Waals surface area (Å²) in [6.45, 7) is 22.4. The summed E-state index contributed by atoms with van der Waals surface area (Å²) in [5.41, 5.74) is 11.9. The summed E-state index contributed by atoms with van der Waals surface area (Å²) < 4.78 is 0. The van der Waals surface area contributed by atoms with E-state index >= 15 is 0 Å². The maximum atomic E-state index is 2.44. The second-order valence-electron chi connectivity index (χ2n) is 8.49. The first kappa shape index (κ1) is 34.5. The number of rotatable bonds is 6. The van der Waals surface area contributed by atoms with Crippen LogP contribution in [0.3, 0.4) is 0 Å². The lowest BCUT2D eigenvalue weighted by Crippen LogP contribution is -2.17. The van der Waals surface area contributed by atoms with Gasteiger partial charge >= 0.3 is 0 Å². The van der Waals surface area contributed by atoms with Crippen molar-refractivity contribution in [1.29, 1.82) is 0 Å². The molecule has 2 nitrogen and oxygen atoms in total. The maximum Gasteiger partial charge on any atom is 0.0452 e. The summed E-state index contributed by atoms with van der Waals surface area (Å²) >= 11 is 0. The molecule has 0 aromatic heterocycles. The molecule has 1 aliphatic rings. The van der Waals surface area contributed by atoms with Crippen LogP contribution in [-0.2, 0) is 6.42 Å². The zero-order chi connectivity index (χ0) is 30.1. The lowest BCUT2D eigenvalue weighted by atomic mass is 10.0. The van der Waals surface area contributed by atoms with Gasteiger partial charge in [0.1, 0.15) is 0 Å². The Morgan fingerprint density at radius 2 is 1.02 bits per heavy atom. The molecule has 0 aliphatic heterocycles. The van der Waals surface area contributed by atoms with Crippen molar-refractivity contribution in [2.45, 2.75) is 75.7 Å². The molecule has 0 heterocycles. The maximum absolute atomic E-state index is 2.44. The predicted octanol–water partition coefficient (Wildman–Crippen LogP) is 11.6. The molecule has 0 fully saturated rings. The van der Waals surface area contributed by atoms with E-state index in [-0.39, 0.29) is 0 Å². The second-order valence-corrected chi connectivity index (χ2v) is 8.49. The van der Waals surface area contributed by atoms with E-state index < -0.39 is 0 Å². The Labute approximate surface area is 246 Å². The SMILES string of the molecule is CC.CC.CC.CC.CCN(C)c1ccc(-c2ccc(N(CC)c3cccc4c3Cc3ccccc3-4)cc2)cc1. The van der Waals surface area contributed by atoms with Gasteiger partial charge in [0.2, 0.25) is 0 Å². The molecule has 0 saturated heterocycles. The predicted molar refractivity (Wildman–Crippen MR) is 184 cm³/mol. The van der Waals surface area contributed by atoms with E-state index in [1.807, 2.05) is 55.4 Å². The quantitative estimate of drug-likeness (QED) is 0.212. The number of fused-ring (bicyclic) bond motifs is 3. The molecule has 0 bridgehead atoms. The van der Waals surface area contributed by atoms with Gasteiger partial charge in [0, 0.05) is 43.6 Å². The minimum absolute atomic E-state index is 0.935. The molecule has 2 heteroatoms. The van der Waals surface area contributed by atoms with Crippen LogP contribution in [0.15, 0.2) is 91.0 Å². The summed E-state index contributed by atoms with van der Waals surface area (Å²) in [6, 6.07) is 33.4. The monoisotopic (exact) mass is 538 g/mol. The highest BCUT2D eigenvalue weighted by atomic mass is 15.1. The topological polar surface area (TPSA) is 6.48 Å². The van der Waals surface area contributed by atoms with Gasteiger partial charge in [0.05, 0.1) is 0 Å². The molecule has 40 heavy (non-hydrogen) atoms. The summed E-state index contributed by atoms with van der Waals surface area (Å²) in [6.07, 6.45) is 1.01. The minimum Gasteiger partial charge on any atom is -0.375 e. The van der Waals surface area contributed by atoms with Crippen LogP contribution in [-0.4, -0.2) is 20.1 Å². The van der Waals surface area contributed by atoms with Crippen molar-refractivity contribution in [1.82, 2.24) is 0 Å². The standard InChI is InChI=1S/C30H30N2.4C2H6/c1-4-31(3)25-17-13-22(14-18-25)23-15-19-26(20-16-23)32(5-2)30-12-8-11-28-27-10-7-6-9-24(27)21-29(28)30;4*1-2/h6-20H,4-5,21H2,1-3H3;4*1-2H3. The minimum atomic E-state index is 0.935. The highest BCUT2D eigenvalue weighted by Gasteiger charge is 2.23. The van der Waals surface area contributed by atoms with Crippen LogP contribution < -0.4 is 9.80 Å². The lowest BCUT2D eigenvalue weighted by Gasteiger charge is -2.26. The zero-order valence-corrected chi connectivity index (χ0v) is 27.2. The molecule has 4 aromatic rings. The Kier molecular flexibility index (Phi) is 16.1. The number of hydrogen-bond donors (Lipinski definition) is 0. The molecule has 4 aromatic carbocycles. The van der Waals surface area contributed by atoms with Crippen molar-refractivity contribution in [3.63, 3.8) is 0 Å². The van der Waals surface area contributed by atoms with E-state index in [0.29, 0.717) is 0 Å². The normalized spacial score (nSPS) is 9.97. The van der Waals surface area contributed by atoms with Gasteiger partial charge in [-0.05, 0) is 77.6 Å². The van der Waals surface area contributed by atoms with E-state index in [9.17, 15) is 0 Å². The molecule has 0 amide bonds. The van der Waals surface area contributed by atoms with Crippen LogP contribution in [0.5, 0.6) is 0 Å². The van der Waals surface area contributed by atoms with Gasteiger partial charge in [-0.3, -0.25) is 0 Å². The summed E-state index contributed by atoms with van der Waals surface area (Å²) in [7, 11) is 2.13. The van der Waals surface area contributed by atoms with Crippen LogP contribution >= 0.6 is 0 Å². The third-order valence-corrected chi connectivity index (χ3v) is 6.73. The first-order chi connectivity index (χ1) is 19.7. The van der Waals surface area contributed by atoms with Gasteiger partial charge in [-0.1, -0.05) is 116 Å². The van der Waals surface area contributed by atoms with E-state index in [2.05, 4.69) is 122 Å². The van der Waals surface area contributed by atoms with Crippen LogP contribution in [0, 0.1) is 0 Å². The molecule has 0 atom stereocenters. The Balaban J connectivity index is 0.000000921. The fourth-order valence-electron chi connectivity index (χ4n) is 4.81. The summed E-state index contributed by atoms with van der Waals surface area (Å²) in [4.78, 5) is 4.69. The smallest absolute Gasteiger partial charge is 0.0452 e. The van der Waals surface area contributed by atoms with E-state index in [1.54, 1.807) is 0 Å². The van der Waals surface area contributed by atoms with Gasteiger partial charge in [-0.2, -0.15) is 0 Å². The lowest BCUT2D eigenvalue weighted by molar-refractivity contribution is 0.968. The largest absolute Gasteiger partial charge is 0.375 e. The highest BCUT2D eigenvalue weighted by Crippen LogP contribution is 2.43. The average Bonchev–Trinajstić information content (AvgIpc) is 3.45. The molecule has 1 aliphatic carbocycles. The molecular formula is C38H54N2. The highest BCUT2D eigenvalue weighted by molar-refractivity contribution is 5.84. The van der Waals surface area contributed by atoms with E-state index in [4.69, 9.17) is 0 Å². The number of hydrogen-bond acceptors (Lipinski definition) is 2. The van der Waals surface area contributed by atoms with E-state index in [1.165, 1.54) is 50.4 Å². The summed E-state index contributed by atoms with van der Waals surface area (Å²) in [5, 5.41) is 0. The number of anilines is 3. The van der Waals surface area contributed by atoms with E-state index in [0.717, 1.165) is 19.5 Å². The second kappa shape index (κ2) is 18.7. The van der Waals surface area contributed by atoms with Crippen molar-refractivity contribution in [3.05, 3.63) is 102 Å². The van der Waals surface area contributed by atoms with Crippen LogP contribution in [0.2, 0.25) is 0 Å². The number of benzene rings is 4. The third-order valence-electron chi connectivity index (χ3n) is 6.73. The fourth-order valence-corrected chi connectivity index (χ4v) is 4.81. The molecule has 0 radical (unpaired) electrons. The Bertz CT molecular complexity index is 1220. The van der Waals surface area contributed by atoms with Crippen molar-refractivity contribution in [2.75, 3.05) is 29.9 Å². The van der Waals surface area contributed by atoms with Crippen molar-refractivity contribution in [2.24, 2.45) is 0 Å². The van der Waals surface area contributed by atoms with Gasteiger partial charge in [0.15, 0.2) is 0 Å². The Hall–Kier alpha value is -3.52. The van der Waals surface area contributed by atoms with Gasteiger partial charge in [-0.15, -0.1) is 0 Å². The molecule has 0 N–H and O–H groups in total. The Morgan fingerprint density at radius 1 is 0.525 bits per heavy atom. The summed E-state index contributed by atoms with van der Waals surface area (Å²) in [5.74, 6) is 0. The zero-order valence-electron chi connectivity index (χ0n) is 27.2.